The largest absolute Gasteiger partial charge is 0.633 e. The Kier molecular flexibility index (Phi) is 4.57. The Hall–Kier alpha value is -1.68. The van der Waals surface area contributed by atoms with Gasteiger partial charge in [0.05, 0.1) is 26.2 Å². The van der Waals surface area contributed by atoms with Gasteiger partial charge in [-0.2, -0.15) is 0 Å². The van der Waals surface area contributed by atoms with E-state index >= 15 is 0 Å². The predicted octanol–water partition coefficient (Wildman–Crippen LogP) is 3.90. The van der Waals surface area contributed by atoms with E-state index in [-0.39, 0.29) is 16.9 Å². The summed E-state index contributed by atoms with van der Waals surface area (Å²) in [6.07, 6.45) is 1.76. The van der Waals surface area contributed by atoms with E-state index < -0.39 is 0 Å². The van der Waals surface area contributed by atoms with Crippen molar-refractivity contribution in [2.75, 3.05) is 20.1 Å². The van der Waals surface area contributed by atoms with Crippen molar-refractivity contribution in [1.82, 2.24) is 0 Å². The normalized spacial score (nSPS) is 25.3. The van der Waals surface area contributed by atoms with Gasteiger partial charge >= 0.3 is 0 Å². The Morgan fingerprint density at radius 2 is 1.36 bits per heavy atom. The summed E-state index contributed by atoms with van der Waals surface area (Å²) in [5, 5.41) is 12.0. The van der Waals surface area contributed by atoms with E-state index in [4.69, 9.17) is 4.74 Å². The number of quaternary nitrogens is 1. The third kappa shape index (κ3) is 3.74. The maximum absolute atomic E-state index is 12.0. The van der Waals surface area contributed by atoms with E-state index in [0.717, 1.165) is 12.8 Å². The molecule has 1 saturated heterocycles. The van der Waals surface area contributed by atoms with Crippen LogP contribution in [0.2, 0.25) is 0 Å². The van der Waals surface area contributed by atoms with Crippen molar-refractivity contribution in [3.8, 4) is 0 Å². The van der Waals surface area contributed by atoms with Crippen LogP contribution in [0.1, 0.15) is 30.1 Å². The average Bonchev–Trinajstić information content (AvgIpc) is 2.55. The van der Waals surface area contributed by atoms with Gasteiger partial charge in [0, 0.05) is 12.8 Å². The highest BCUT2D eigenvalue weighted by Crippen LogP contribution is 2.30. The van der Waals surface area contributed by atoms with Crippen LogP contribution in [0.25, 0.3) is 0 Å². The van der Waals surface area contributed by atoms with Crippen molar-refractivity contribution in [3.05, 3.63) is 77.0 Å². The number of nitrogens with zero attached hydrogens (tertiary/aromatic N) is 1. The zero-order valence-electron chi connectivity index (χ0n) is 13.0. The highest BCUT2D eigenvalue weighted by Gasteiger charge is 2.27. The van der Waals surface area contributed by atoms with Crippen molar-refractivity contribution in [1.29, 1.82) is 0 Å². The minimum atomic E-state index is -0.138. The standard InChI is InChI=1S/C19H23NO2/c1-20(21)14-12-18(13-15-20)22-19(16-8-4-2-5-9-16)17-10-6-3-7-11-17/h2-11,18-19H,12-15H2,1H3. The first kappa shape index (κ1) is 15.2. The number of hydrogen-bond donors (Lipinski definition) is 0. The summed E-state index contributed by atoms with van der Waals surface area (Å²) >= 11 is 0. The molecule has 0 saturated carbocycles. The van der Waals surface area contributed by atoms with Crippen molar-refractivity contribution in [3.63, 3.8) is 0 Å². The lowest BCUT2D eigenvalue weighted by Gasteiger charge is -2.44. The average molecular weight is 297 g/mol. The first-order valence-corrected chi connectivity index (χ1v) is 7.95. The molecule has 0 N–H and O–H groups in total. The van der Waals surface area contributed by atoms with Crippen LogP contribution in [0, 0.1) is 5.21 Å². The number of hydrogen-bond acceptors (Lipinski definition) is 2. The highest BCUT2D eigenvalue weighted by molar-refractivity contribution is 5.29. The van der Waals surface area contributed by atoms with Gasteiger partial charge in [0.2, 0.25) is 0 Å². The van der Waals surface area contributed by atoms with E-state index in [1.807, 2.05) is 36.4 Å². The summed E-state index contributed by atoms with van der Waals surface area (Å²) in [4.78, 5) is 0. The lowest BCUT2D eigenvalue weighted by molar-refractivity contribution is -0.867. The van der Waals surface area contributed by atoms with Crippen molar-refractivity contribution < 1.29 is 9.38 Å². The molecule has 0 aromatic heterocycles. The second-order valence-electron chi connectivity index (χ2n) is 6.28. The molecule has 0 unspecified atom stereocenters. The summed E-state index contributed by atoms with van der Waals surface area (Å²) in [5.74, 6) is 0. The molecule has 0 aliphatic carbocycles. The molecule has 3 rings (SSSR count). The molecule has 3 heteroatoms. The Morgan fingerprint density at radius 1 is 0.909 bits per heavy atom. The van der Waals surface area contributed by atoms with Gasteiger partial charge in [-0.3, -0.25) is 0 Å². The predicted molar refractivity (Wildman–Crippen MR) is 88.1 cm³/mol. The number of rotatable bonds is 4. The van der Waals surface area contributed by atoms with E-state index in [1.165, 1.54) is 11.1 Å². The first-order chi connectivity index (χ1) is 10.6. The quantitative estimate of drug-likeness (QED) is 0.633. The number of likely N-dealkylation sites (tertiary alicyclic amines) is 1. The van der Waals surface area contributed by atoms with Crippen LogP contribution in [0.15, 0.2) is 60.7 Å². The summed E-state index contributed by atoms with van der Waals surface area (Å²) in [6, 6.07) is 20.6. The Balaban J connectivity index is 1.78. The van der Waals surface area contributed by atoms with E-state index in [1.54, 1.807) is 7.05 Å². The molecule has 1 heterocycles. The fraction of sp³-hybridized carbons (Fsp3) is 0.368. The van der Waals surface area contributed by atoms with E-state index in [2.05, 4.69) is 24.3 Å². The maximum atomic E-state index is 12.0. The van der Waals surface area contributed by atoms with Gasteiger partial charge in [0.15, 0.2) is 0 Å². The minimum absolute atomic E-state index is 0.0593. The molecule has 3 nitrogen and oxygen atoms in total. The molecule has 0 radical (unpaired) electrons. The summed E-state index contributed by atoms with van der Waals surface area (Å²) in [7, 11) is 1.75. The molecule has 1 aliphatic rings. The molecule has 22 heavy (non-hydrogen) atoms. The molecule has 1 aliphatic heterocycles. The zero-order chi connectivity index (χ0) is 15.4. The minimum Gasteiger partial charge on any atom is -0.633 e. The molecule has 2 aromatic rings. The monoisotopic (exact) mass is 297 g/mol. The number of ether oxygens (including phenoxy) is 1. The Labute approximate surface area is 132 Å². The van der Waals surface area contributed by atoms with E-state index in [0.29, 0.717) is 13.1 Å². The maximum Gasteiger partial charge on any atom is 0.108 e. The SMILES string of the molecule is C[N+]1([O-])CCC(OC(c2ccccc2)c2ccccc2)CC1. The van der Waals surface area contributed by atoms with Crippen molar-refractivity contribution in [2.24, 2.45) is 0 Å². The molecule has 0 amide bonds. The van der Waals surface area contributed by atoms with Gasteiger partial charge < -0.3 is 14.6 Å². The van der Waals surface area contributed by atoms with Gasteiger partial charge in [-0.05, 0) is 11.1 Å². The molecule has 0 spiro atoms. The second kappa shape index (κ2) is 6.61. The highest BCUT2D eigenvalue weighted by atomic mass is 16.5. The molecule has 0 bridgehead atoms. The lowest BCUT2D eigenvalue weighted by atomic mass is 10.00. The molecular weight excluding hydrogens is 274 g/mol. The third-order valence-electron chi connectivity index (χ3n) is 4.38. The molecule has 2 aromatic carbocycles. The number of benzene rings is 2. The van der Waals surface area contributed by atoms with Crippen molar-refractivity contribution >= 4 is 0 Å². The number of hydroxylamine groups is 3. The van der Waals surface area contributed by atoms with Crippen LogP contribution in [-0.4, -0.2) is 30.9 Å². The summed E-state index contributed by atoms with van der Waals surface area (Å²) in [5.41, 5.74) is 2.33. The Morgan fingerprint density at radius 3 is 1.82 bits per heavy atom. The van der Waals surface area contributed by atoms with Crippen LogP contribution >= 0.6 is 0 Å². The molecule has 116 valence electrons. The number of piperidine rings is 1. The fourth-order valence-electron chi connectivity index (χ4n) is 3.02. The van der Waals surface area contributed by atoms with Crippen LogP contribution in [0.3, 0.4) is 0 Å². The second-order valence-corrected chi connectivity index (χ2v) is 6.28. The van der Waals surface area contributed by atoms with Crippen molar-refractivity contribution in [2.45, 2.75) is 25.0 Å². The van der Waals surface area contributed by atoms with Crippen LogP contribution in [0.5, 0.6) is 0 Å². The Bertz CT molecular complexity index is 533. The van der Waals surface area contributed by atoms with Gasteiger partial charge in [-0.25, -0.2) is 0 Å². The lowest BCUT2D eigenvalue weighted by Crippen LogP contribution is -2.46. The van der Waals surface area contributed by atoms with Gasteiger partial charge in [0.1, 0.15) is 6.10 Å². The van der Waals surface area contributed by atoms with Gasteiger partial charge in [-0.1, -0.05) is 60.7 Å². The van der Waals surface area contributed by atoms with Gasteiger partial charge in [0.25, 0.3) is 0 Å². The van der Waals surface area contributed by atoms with E-state index in [9.17, 15) is 5.21 Å². The molecular formula is C19H23NO2. The fourth-order valence-corrected chi connectivity index (χ4v) is 3.02. The van der Waals surface area contributed by atoms with Crippen LogP contribution < -0.4 is 0 Å². The molecule has 1 fully saturated rings. The zero-order valence-corrected chi connectivity index (χ0v) is 13.0. The topological polar surface area (TPSA) is 32.3 Å². The van der Waals surface area contributed by atoms with Crippen LogP contribution in [0.4, 0.5) is 0 Å². The molecule has 0 atom stereocenters. The third-order valence-corrected chi connectivity index (χ3v) is 4.38. The summed E-state index contributed by atoms with van der Waals surface area (Å²) in [6.45, 7) is 1.28. The smallest absolute Gasteiger partial charge is 0.108 e. The first-order valence-electron chi connectivity index (χ1n) is 7.95. The van der Waals surface area contributed by atoms with Gasteiger partial charge in [-0.15, -0.1) is 0 Å². The summed E-state index contributed by atoms with van der Waals surface area (Å²) < 4.78 is 6.27. The van der Waals surface area contributed by atoms with Crippen LogP contribution in [-0.2, 0) is 4.74 Å².